The molecular formula is C17H28N2O. The molecule has 0 aromatic heterocycles. The van der Waals surface area contributed by atoms with Crippen molar-refractivity contribution in [3.8, 4) is 5.75 Å². The Morgan fingerprint density at radius 1 is 1.40 bits per heavy atom. The number of rotatable bonds is 8. The van der Waals surface area contributed by atoms with E-state index < -0.39 is 0 Å². The summed E-state index contributed by atoms with van der Waals surface area (Å²) in [6.07, 6.45) is 2.77. The first-order valence-electron chi connectivity index (χ1n) is 7.77. The van der Waals surface area contributed by atoms with Gasteiger partial charge in [-0.2, -0.15) is 0 Å². The fourth-order valence-electron chi connectivity index (χ4n) is 2.77. The van der Waals surface area contributed by atoms with Gasteiger partial charge in [-0.1, -0.05) is 24.6 Å². The Morgan fingerprint density at radius 2 is 2.15 bits per heavy atom. The van der Waals surface area contributed by atoms with Crippen molar-refractivity contribution < 1.29 is 4.74 Å². The summed E-state index contributed by atoms with van der Waals surface area (Å²) in [5.74, 6) is 0.977. The molecule has 0 amide bonds. The molecule has 1 aliphatic rings. The molecule has 2 rings (SSSR count). The lowest BCUT2D eigenvalue weighted by Gasteiger charge is -2.22. The second kappa shape index (κ2) is 7.09. The van der Waals surface area contributed by atoms with Crippen LogP contribution in [0.5, 0.6) is 5.75 Å². The van der Waals surface area contributed by atoms with E-state index in [1.807, 2.05) is 0 Å². The fourth-order valence-corrected chi connectivity index (χ4v) is 2.77. The number of hydrogen-bond donors (Lipinski definition) is 1. The van der Waals surface area contributed by atoms with E-state index in [1.165, 1.54) is 24.0 Å². The van der Waals surface area contributed by atoms with Crippen molar-refractivity contribution in [2.75, 3.05) is 26.7 Å². The number of ether oxygens (including phenoxy) is 1. The lowest BCUT2D eigenvalue weighted by molar-refractivity contribution is 0.273. The Bertz CT molecular complexity index is 429. The second-order valence-corrected chi connectivity index (χ2v) is 5.78. The van der Waals surface area contributed by atoms with Gasteiger partial charge in [-0.25, -0.2) is 0 Å². The summed E-state index contributed by atoms with van der Waals surface area (Å²) in [7, 11) is 1.74. The number of hydrogen-bond acceptors (Lipinski definition) is 3. The molecule has 0 heterocycles. The van der Waals surface area contributed by atoms with Crippen molar-refractivity contribution >= 4 is 0 Å². The molecule has 1 fully saturated rings. The van der Waals surface area contributed by atoms with Gasteiger partial charge in [0, 0.05) is 30.7 Å². The number of methoxy groups -OCH3 is 1. The van der Waals surface area contributed by atoms with Gasteiger partial charge in [-0.3, -0.25) is 4.90 Å². The van der Waals surface area contributed by atoms with Crippen molar-refractivity contribution in [3.63, 3.8) is 0 Å². The van der Waals surface area contributed by atoms with Crippen LogP contribution >= 0.6 is 0 Å². The van der Waals surface area contributed by atoms with Crippen molar-refractivity contribution in [3.05, 3.63) is 29.3 Å². The van der Waals surface area contributed by atoms with E-state index in [4.69, 9.17) is 4.74 Å². The lowest BCUT2D eigenvalue weighted by atomic mass is 10.0. The Labute approximate surface area is 123 Å². The highest BCUT2D eigenvalue weighted by Gasteiger charge is 2.27. The smallest absolute Gasteiger partial charge is 0.123 e. The second-order valence-electron chi connectivity index (χ2n) is 5.78. The SMILES string of the molecule is CCN(CCNC(C)c1cc(C)ccc1OC)C1CC1. The molecule has 1 aromatic carbocycles. The quantitative estimate of drug-likeness (QED) is 0.789. The number of nitrogens with one attached hydrogen (secondary N) is 1. The molecular weight excluding hydrogens is 248 g/mol. The van der Waals surface area contributed by atoms with Gasteiger partial charge < -0.3 is 10.1 Å². The zero-order valence-corrected chi connectivity index (χ0v) is 13.3. The molecule has 1 saturated carbocycles. The lowest BCUT2D eigenvalue weighted by Crippen LogP contribution is -2.34. The van der Waals surface area contributed by atoms with Gasteiger partial charge in [0.2, 0.25) is 0 Å². The summed E-state index contributed by atoms with van der Waals surface area (Å²) in [4.78, 5) is 2.58. The van der Waals surface area contributed by atoms with Crippen LogP contribution in [0.1, 0.15) is 43.9 Å². The molecule has 0 aliphatic heterocycles. The molecule has 0 radical (unpaired) electrons. The topological polar surface area (TPSA) is 24.5 Å². The molecule has 0 saturated heterocycles. The molecule has 1 atom stereocenters. The maximum atomic E-state index is 5.47. The van der Waals surface area contributed by atoms with Gasteiger partial charge in [0.1, 0.15) is 5.75 Å². The molecule has 20 heavy (non-hydrogen) atoms. The Hall–Kier alpha value is -1.06. The minimum absolute atomic E-state index is 0.322. The van der Waals surface area contributed by atoms with Crippen LogP contribution in [-0.2, 0) is 0 Å². The van der Waals surface area contributed by atoms with Gasteiger partial charge in [0.05, 0.1) is 7.11 Å². The third-order valence-corrected chi connectivity index (χ3v) is 4.17. The van der Waals surface area contributed by atoms with E-state index in [0.29, 0.717) is 6.04 Å². The Balaban J connectivity index is 1.87. The van der Waals surface area contributed by atoms with E-state index in [-0.39, 0.29) is 0 Å². The van der Waals surface area contributed by atoms with Crippen molar-refractivity contribution in [2.45, 2.75) is 45.7 Å². The summed E-state index contributed by atoms with van der Waals surface area (Å²) < 4.78 is 5.47. The number of likely N-dealkylation sites (N-methyl/N-ethyl adjacent to an activating group) is 1. The number of aryl methyl sites for hydroxylation is 1. The number of benzene rings is 1. The average molecular weight is 276 g/mol. The molecule has 0 spiro atoms. The predicted octanol–water partition coefficient (Wildman–Crippen LogP) is 3.14. The van der Waals surface area contributed by atoms with E-state index in [1.54, 1.807) is 7.11 Å². The highest BCUT2D eigenvalue weighted by molar-refractivity contribution is 5.38. The third kappa shape index (κ3) is 3.97. The predicted molar refractivity (Wildman–Crippen MR) is 84.4 cm³/mol. The van der Waals surface area contributed by atoms with Crippen LogP contribution < -0.4 is 10.1 Å². The van der Waals surface area contributed by atoms with Gasteiger partial charge in [0.25, 0.3) is 0 Å². The van der Waals surface area contributed by atoms with Crippen LogP contribution in [0.2, 0.25) is 0 Å². The molecule has 3 nitrogen and oxygen atoms in total. The first kappa shape index (κ1) is 15.3. The van der Waals surface area contributed by atoms with E-state index in [2.05, 4.69) is 49.2 Å². The summed E-state index contributed by atoms with van der Waals surface area (Å²) >= 11 is 0. The molecule has 1 unspecified atom stereocenters. The van der Waals surface area contributed by atoms with Crippen LogP contribution in [0.3, 0.4) is 0 Å². The van der Waals surface area contributed by atoms with Gasteiger partial charge >= 0.3 is 0 Å². The summed E-state index contributed by atoms with van der Waals surface area (Å²) in [6.45, 7) is 9.92. The normalized spacial score (nSPS) is 16.4. The highest BCUT2D eigenvalue weighted by atomic mass is 16.5. The van der Waals surface area contributed by atoms with Crippen LogP contribution in [0, 0.1) is 6.92 Å². The van der Waals surface area contributed by atoms with Crippen LogP contribution in [0.15, 0.2) is 18.2 Å². The molecule has 1 N–H and O–H groups in total. The van der Waals surface area contributed by atoms with Crippen LogP contribution in [-0.4, -0.2) is 37.7 Å². The van der Waals surface area contributed by atoms with Crippen LogP contribution in [0.25, 0.3) is 0 Å². The number of nitrogens with zero attached hydrogens (tertiary/aromatic N) is 1. The van der Waals surface area contributed by atoms with Crippen molar-refractivity contribution in [2.24, 2.45) is 0 Å². The largest absolute Gasteiger partial charge is 0.496 e. The van der Waals surface area contributed by atoms with Gasteiger partial charge in [-0.05, 0) is 39.3 Å². The zero-order valence-electron chi connectivity index (χ0n) is 13.3. The summed E-state index contributed by atoms with van der Waals surface area (Å²) in [5, 5.41) is 3.63. The molecule has 1 aliphatic carbocycles. The zero-order chi connectivity index (χ0) is 14.5. The summed E-state index contributed by atoms with van der Waals surface area (Å²) in [6, 6.07) is 7.55. The standard InChI is InChI=1S/C17H28N2O/c1-5-19(15-7-8-15)11-10-18-14(3)16-12-13(2)6-9-17(16)20-4/h6,9,12,14-15,18H,5,7-8,10-11H2,1-4H3. The van der Waals surface area contributed by atoms with Gasteiger partial charge in [0.15, 0.2) is 0 Å². The fraction of sp³-hybridized carbons (Fsp3) is 0.647. The minimum Gasteiger partial charge on any atom is -0.496 e. The average Bonchev–Trinajstić information content (AvgIpc) is 3.28. The minimum atomic E-state index is 0.322. The van der Waals surface area contributed by atoms with Crippen molar-refractivity contribution in [1.82, 2.24) is 10.2 Å². The van der Waals surface area contributed by atoms with E-state index in [9.17, 15) is 0 Å². The van der Waals surface area contributed by atoms with E-state index in [0.717, 1.165) is 31.4 Å². The molecule has 0 bridgehead atoms. The van der Waals surface area contributed by atoms with E-state index >= 15 is 0 Å². The molecule has 3 heteroatoms. The Morgan fingerprint density at radius 3 is 2.75 bits per heavy atom. The highest BCUT2D eigenvalue weighted by Crippen LogP contribution is 2.27. The molecule has 1 aromatic rings. The Kier molecular flexibility index (Phi) is 5.44. The van der Waals surface area contributed by atoms with Crippen molar-refractivity contribution in [1.29, 1.82) is 0 Å². The third-order valence-electron chi connectivity index (χ3n) is 4.17. The summed E-state index contributed by atoms with van der Waals surface area (Å²) in [5.41, 5.74) is 2.53. The maximum absolute atomic E-state index is 5.47. The van der Waals surface area contributed by atoms with Crippen LogP contribution in [0.4, 0.5) is 0 Å². The van der Waals surface area contributed by atoms with Gasteiger partial charge in [-0.15, -0.1) is 0 Å². The maximum Gasteiger partial charge on any atom is 0.123 e. The molecule has 112 valence electrons. The first-order valence-corrected chi connectivity index (χ1v) is 7.77. The first-order chi connectivity index (χ1) is 9.65. The monoisotopic (exact) mass is 276 g/mol.